The van der Waals surface area contributed by atoms with Crippen LogP contribution in [0.4, 0.5) is 5.69 Å². The van der Waals surface area contributed by atoms with Crippen molar-refractivity contribution in [2.45, 2.75) is 19.8 Å². The molecule has 0 aliphatic rings. The molecule has 3 nitrogen and oxygen atoms in total. The highest BCUT2D eigenvalue weighted by Gasteiger charge is 2.08. The fourth-order valence-corrected chi connectivity index (χ4v) is 1.10. The van der Waals surface area contributed by atoms with Gasteiger partial charge in [0.25, 0.3) is 0 Å². The molecule has 1 aromatic rings. The summed E-state index contributed by atoms with van der Waals surface area (Å²) in [5.74, 6) is 0.937. The van der Waals surface area contributed by atoms with Gasteiger partial charge in [-0.25, -0.2) is 9.83 Å². The van der Waals surface area contributed by atoms with Gasteiger partial charge in [0.2, 0.25) is 11.6 Å². The maximum absolute atomic E-state index is 6.85. The third-order valence-corrected chi connectivity index (χ3v) is 1.81. The van der Waals surface area contributed by atoms with Crippen LogP contribution < -0.4 is 4.74 Å². The van der Waals surface area contributed by atoms with Gasteiger partial charge in [-0.15, -0.1) is 0 Å². The van der Waals surface area contributed by atoms with E-state index in [2.05, 4.69) is 9.83 Å². The Balaban J connectivity index is 3.20. The van der Waals surface area contributed by atoms with E-state index in [0.29, 0.717) is 17.5 Å². The first-order chi connectivity index (χ1) is 6.19. The highest BCUT2D eigenvalue weighted by atomic mass is 16.5. The molecule has 13 heavy (non-hydrogen) atoms. The van der Waals surface area contributed by atoms with Crippen LogP contribution in [0.2, 0.25) is 0 Å². The lowest BCUT2D eigenvalue weighted by molar-refractivity contribution is 0.390. The molecule has 0 saturated carbocycles. The summed E-state index contributed by atoms with van der Waals surface area (Å²) in [6.07, 6.45) is 1.53. The van der Waals surface area contributed by atoms with Crippen molar-refractivity contribution < 1.29 is 4.74 Å². The van der Waals surface area contributed by atoms with Crippen LogP contribution in [-0.4, -0.2) is 12.1 Å². The second-order valence-electron chi connectivity index (χ2n) is 3.06. The largest absolute Gasteiger partial charge is 0.481 e. The monoisotopic (exact) mass is 176 g/mol. The van der Waals surface area contributed by atoms with Gasteiger partial charge in [0.15, 0.2) is 0 Å². The van der Waals surface area contributed by atoms with Gasteiger partial charge in [-0.05, 0) is 12.0 Å². The van der Waals surface area contributed by atoms with Crippen molar-refractivity contribution in [1.82, 2.24) is 4.98 Å². The second kappa shape index (κ2) is 3.90. The van der Waals surface area contributed by atoms with E-state index in [4.69, 9.17) is 11.3 Å². The number of pyridine rings is 1. The Morgan fingerprint density at radius 1 is 1.54 bits per heavy atom. The van der Waals surface area contributed by atoms with E-state index in [1.165, 1.54) is 6.20 Å². The van der Waals surface area contributed by atoms with Crippen LogP contribution in [0.1, 0.15) is 25.3 Å². The summed E-state index contributed by atoms with van der Waals surface area (Å²) < 4.78 is 5.09. The van der Waals surface area contributed by atoms with Gasteiger partial charge in [0.1, 0.15) is 0 Å². The first-order valence-corrected chi connectivity index (χ1v) is 4.10. The fourth-order valence-electron chi connectivity index (χ4n) is 1.10. The van der Waals surface area contributed by atoms with Gasteiger partial charge in [-0.1, -0.05) is 13.8 Å². The molecule has 0 spiro atoms. The molecule has 0 N–H and O–H groups in total. The molecule has 0 aliphatic heterocycles. The lowest BCUT2D eigenvalue weighted by Gasteiger charge is -2.10. The molecule has 68 valence electrons. The van der Waals surface area contributed by atoms with Gasteiger partial charge in [0, 0.05) is 11.8 Å². The standard InChI is InChI=1S/C10H12N2O/c1-7(2)9-5-8(11-3)6-12-10(9)13-4/h5-7H,1-2,4H3. The fraction of sp³-hybridized carbons (Fsp3) is 0.400. The van der Waals surface area contributed by atoms with Crippen LogP contribution in [-0.2, 0) is 0 Å². The number of ether oxygens (including phenoxy) is 1. The lowest BCUT2D eigenvalue weighted by Crippen LogP contribution is -1.96. The lowest BCUT2D eigenvalue weighted by atomic mass is 10.0. The zero-order valence-corrected chi connectivity index (χ0v) is 8.03. The van der Waals surface area contributed by atoms with Gasteiger partial charge < -0.3 is 4.74 Å². The summed E-state index contributed by atoms with van der Waals surface area (Å²) in [6, 6.07) is 1.82. The molecule has 0 aliphatic carbocycles. The zero-order valence-electron chi connectivity index (χ0n) is 8.03. The molecular weight excluding hydrogens is 164 g/mol. The number of nitrogens with zero attached hydrogens (tertiary/aromatic N) is 2. The van der Waals surface area contributed by atoms with Crippen LogP contribution in [0.3, 0.4) is 0 Å². The first-order valence-electron chi connectivity index (χ1n) is 4.10. The highest BCUT2D eigenvalue weighted by molar-refractivity contribution is 5.48. The average molecular weight is 176 g/mol. The molecule has 0 unspecified atom stereocenters. The topological polar surface area (TPSA) is 26.5 Å². The van der Waals surface area contributed by atoms with Gasteiger partial charge in [-0.3, -0.25) is 0 Å². The molecule has 0 atom stereocenters. The quantitative estimate of drug-likeness (QED) is 0.648. The van der Waals surface area contributed by atoms with Crippen LogP contribution >= 0.6 is 0 Å². The first kappa shape index (κ1) is 9.53. The number of hydrogen-bond donors (Lipinski definition) is 0. The number of methoxy groups -OCH3 is 1. The molecule has 0 bridgehead atoms. The van der Waals surface area contributed by atoms with Crippen molar-refractivity contribution >= 4 is 5.69 Å². The maximum atomic E-state index is 6.85. The van der Waals surface area contributed by atoms with Gasteiger partial charge in [0.05, 0.1) is 13.7 Å². The van der Waals surface area contributed by atoms with Crippen LogP contribution in [0.5, 0.6) is 5.88 Å². The summed E-state index contributed by atoms with van der Waals surface area (Å²) in [5, 5.41) is 0. The van der Waals surface area contributed by atoms with Crippen molar-refractivity contribution in [3.05, 3.63) is 29.2 Å². The van der Waals surface area contributed by atoms with E-state index in [1.807, 2.05) is 19.9 Å². The predicted molar refractivity (Wildman–Crippen MR) is 51.1 cm³/mol. The molecule has 1 rings (SSSR count). The third-order valence-electron chi connectivity index (χ3n) is 1.81. The van der Waals surface area contributed by atoms with Crippen molar-refractivity contribution in [1.29, 1.82) is 0 Å². The smallest absolute Gasteiger partial charge is 0.213 e. The molecular formula is C10H12N2O. The predicted octanol–water partition coefficient (Wildman–Crippen LogP) is 2.76. The van der Waals surface area contributed by atoms with Crippen molar-refractivity contribution in [2.24, 2.45) is 0 Å². The Kier molecular flexibility index (Phi) is 2.86. The molecule has 0 saturated heterocycles. The molecule has 0 radical (unpaired) electrons. The Bertz CT molecular complexity index is 339. The third kappa shape index (κ3) is 1.97. The Hall–Kier alpha value is -1.56. The van der Waals surface area contributed by atoms with E-state index in [1.54, 1.807) is 7.11 Å². The maximum Gasteiger partial charge on any atom is 0.213 e. The molecule has 0 aromatic carbocycles. The Labute approximate surface area is 78.2 Å². The molecule has 3 heteroatoms. The average Bonchev–Trinajstić information content (AvgIpc) is 2.16. The molecule has 0 fully saturated rings. The number of hydrogen-bond acceptors (Lipinski definition) is 2. The van der Waals surface area contributed by atoms with E-state index in [-0.39, 0.29) is 0 Å². The molecule has 1 heterocycles. The minimum atomic E-state index is 0.323. The Morgan fingerprint density at radius 3 is 2.69 bits per heavy atom. The van der Waals surface area contributed by atoms with Crippen molar-refractivity contribution in [3.8, 4) is 5.88 Å². The van der Waals surface area contributed by atoms with Crippen molar-refractivity contribution in [3.63, 3.8) is 0 Å². The summed E-state index contributed by atoms with van der Waals surface area (Å²) in [4.78, 5) is 7.37. The van der Waals surface area contributed by atoms with E-state index >= 15 is 0 Å². The normalized spacial score (nSPS) is 9.77. The Morgan fingerprint density at radius 2 is 2.23 bits per heavy atom. The summed E-state index contributed by atoms with van der Waals surface area (Å²) in [7, 11) is 1.59. The number of aromatic nitrogens is 1. The summed E-state index contributed by atoms with van der Waals surface area (Å²) >= 11 is 0. The minimum Gasteiger partial charge on any atom is -0.481 e. The number of rotatable bonds is 2. The highest BCUT2D eigenvalue weighted by Crippen LogP contribution is 2.27. The van der Waals surface area contributed by atoms with Crippen molar-refractivity contribution in [2.75, 3.05) is 7.11 Å². The van der Waals surface area contributed by atoms with E-state index in [9.17, 15) is 0 Å². The van der Waals surface area contributed by atoms with Crippen LogP contribution in [0.15, 0.2) is 12.3 Å². The summed E-state index contributed by atoms with van der Waals surface area (Å²) in [6.45, 7) is 11.0. The SMILES string of the molecule is [C-]#[N+]c1cnc(OC)c(C(C)C)c1. The van der Waals surface area contributed by atoms with Gasteiger partial charge >= 0.3 is 0 Å². The minimum absolute atomic E-state index is 0.323. The summed E-state index contributed by atoms with van der Waals surface area (Å²) in [5.41, 5.74) is 1.54. The molecule has 0 amide bonds. The second-order valence-corrected chi connectivity index (χ2v) is 3.06. The zero-order chi connectivity index (χ0) is 9.84. The van der Waals surface area contributed by atoms with Gasteiger partial charge in [-0.2, -0.15) is 0 Å². The van der Waals surface area contributed by atoms with Crippen LogP contribution in [0.25, 0.3) is 4.85 Å². The molecule has 1 aromatic heterocycles. The van der Waals surface area contributed by atoms with E-state index < -0.39 is 0 Å². The van der Waals surface area contributed by atoms with E-state index in [0.717, 1.165) is 5.56 Å². The van der Waals surface area contributed by atoms with Crippen LogP contribution in [0, 0.1) is 6.57 Å².